The van der Waals surface area contributed by atoms with E-state index in [-0.39, 0.29) is 0 Å². The maximum atomic E-state index is 5.85. The minimum absolute atomic E-state index is 0.656. The summed E-state index contributed by atoms with van der Waals surface area (Å²) >= 11 is 2.06. The van der Waals surface area contributed by atoms with E-state index in [1.54, 1.807) is 0 Å². The molecular formula is C15H21NO2S. The van der Waals surface area contributed by atoms with Gasteiger partial charge in [-0.3, -0.25) is 0 Å². The lowest BCUT2D eigenvalue weighted by Gasteiger charge is -2.23. The van der Waals surface area contributed by atoms with E-state index in [2.05, 4.69) is 29.2 Å². The van der Waals surface area contributed by atoms with Crippen LogP contribution in [0.1, 0.15) is 24.8 Å². The fourth-order valence-corrected chi connectivity index (χ4v) is 3.66. The van der Waals surface area contributed by atoms with E-state index in [0.717, 1.165) is 37.7 Å². The van der Waals surface area contributed by atoms with E-state index >= 15 is 0 Å². The van der Waals surface area contributed by atoms with Gasteiger partial charge in [-0.2, -0.15) is 11.8 Å². The second-order valence-electron chi connectivity index (χ2n) is 5.06. The van der Waals surface area contributed by atoms with Crippen molar-refractivity contribution in [3.63, 3.8) is 0 Å². The number of thioether (sulfide) groups is 1. The highest BCUT2D eigenvalue weighted by atomic mass is 32.2. The highest BCUT2D eigenvalue weighted by Crippen LogP contribution is 2.33. The van der Waals surface area contributed by atoms with Crippen LogP contribution < -0.4 is 14.8 Å². The first-order chi connectivity index (χ1) is 9.43. The molecule has 2 aliphatic heterocycles. The average Bonchev–Trinajstić information content (AvgIpc) is 2.72. The van der Waals surface area contributed by atoms with Crippen LogP contribution in [0.3, 0.4) is 0 Å². The molecule has 2 aliphatic rings. The van der Waals surface area contributed by atoms with Gasteiger partial charge < -0.3 is 14.8 Å². The van der Waals surface area contributed by atoms with Gasteiger partial charge in [-0.25, -0.2) is 0 Å². The van der Waals surface area contributed by atoms with Gasteiger partial charge in [-0.05, 0) is 30.4 Å². The molecule has 0 atom stereocenters. The summed E-state index contributed by atoms with van der Waals surface area (Å²) in [6.07, 6.45) is 3.51. The summed E-state index contributed by atoms with van der Waals surface area (Å²) in [5, 5.41) is 3.66. The van der Waals surface area contributed by atoms with E-state index < -0.39 is 0 Å². The summed E-state index contributed by atoms with van der Waals surface area (Å²) in [7, 11) is 0. The van der Waals surface area contributed by atoms with Crippen LogP contribution in [-0.2, 0) is 6.54 Å². The number of rotatable bonds is 3. The van der Waals surface area contributed by atoms with Gasteiger partial charge in [0.1, 0.15) is 0 Å². The van der Waals surface area contributed by atoms with E-state index in [9.17, 15) is 0 Å². The standard InChI is InChI=1S/C15H21NO2S/c1-3-12(11-16-13-5-9-19-10-6-13)15-14(4-1)17-7-2-8-18-15/h1,3-4,13,16H,2,5-11H2. The quantitative estimate of drug-likeness (QED) is 0.921. The lowest BCUT2D eigenvalue weighted by atomic mass is 10.1. The van der Waals surface area contributed by atoms with Crippen molar-refractivity contribution >= 4 is 11.8 Å². The van der Waals surface area contributed by atoms with Crippen molar-refractivity contribution in [2.45, 2.75) is 31.8 Å². The molecule has 1 saturated heterocycles. The van der Waals surface area contributed by atoms with Gasteiger partial charge in [-0.15, -0.1) is 0 Å². The normalized spacial score (nSPS) is 20.0. The van der Waals surface area contributed by atoms with Crippen LogP contribution >= 0.6 is 11.8 Å². The molecule has 0 radical (unpaired) electrons. The number of hydrogen-bond donors (Lipinski definition) is 1. The zero-order valence-electron chi connectivity index (χ0n) is 11.2. The number of benzene rings is 1. The number of para-hydroxylation sites is 1. The fourth-order valence-electron chi connectivity index (χ4n) is 2.55. The van der Waals surface area contributed by atoms with Gasteiger partial charge in [0.2, 0.25) is 0 Å². The molecular weight excluding hydrogens is 258 g/mol. The van der Waals surface area contributed by atoms with Crippen LogP contribution in [0, 0.1) is 0 Å². The van der Waals surface area contributed by atoms with Crippen LogP contribution in [0.2, 0.25) is 0 Å². The summed E-state index contributed by atoms with van der Waals surface area (Å²) in [6.45, 7) is 2.38. The lowest BCUT2D eigenvalue weighted by Crippen LogP contribution is -2.32. The van der Waals surface area contributed by atoms with Gasteiger partial charge in [0.25, 0.3) is 0 Å². The molecule has 3 rings (SSSR count). The smallest absolute Gasteiger partial charge is 0.165 e. The second kappa shape index (κ2) is 6.53. The third kappa shape index (κ3) is 3.37. The van der Waals surface area contributed by atoms with Crippen molar-refractivity contribution in [1.29, 1.82) is 0 Å². The Morgan fingerprint density at radius 3 is 2.89 bits per heavy atom. The number of ether oxygens (including phenoxy) is 2. The molecule has 1 aromatic carbocycles. The van der Waals surface area contributed by atoms with Gasteiger partial charge in [0.05, 0.1) is 13.2 Å². The van der Waals surface area contributed by atoms with E-state index in [1.165, 1.54) is 29.9 Å². The van der Waals surface area contributed by atoms with Gasteiger partial charge >= 0.3 is 0 Å². The predicted molar refractivity (Wildman–Crippen MR) is 79.2 cm³/mol. The summed E-state index contributed by atoms with van der Waals surface area (Å²) in [4.78, 5) is 0. The maximum Gasteiger partial charge on any atom is 0.165 e. The first-order valence-corrected chi connectivity index (χ1v) is 8.27. The van der Waals surface area contributed by atoms with Crippen LogP contribution in [0.25, 0.3) is 0 Å². The first kappa shape index (κ1) is 13.1. The molecule has 0 aliphatic carbocycles. The van der Waals surface area contributed by atoms with Gasteiger partial charge in [0.15, 0.2) is 11.5 Å². The third-order valence-corrected chi connectivity index (χ3v) is 4.70. The summed E-state index contributed by atoms with van der Waals surface area (Å²) < 4.78 is 11.6. The molecule has 3 nitrogen and oxygen atoms in total. The Morgan fingerprint density at radius 1 is 1.16 bits per heavy atom. The number of fused-ring (bicyclic) bond motifs is 1. The van der Waals surface area contributed by atoms with Crippen LogP contribution in [-0.4, -0.2) is 30.8 Å². The average molecular weight is 279 g/mol. The van der Waals surface area contributed by atoms with Crippen molar-refractivity contribution in [3.8, 4) is 11.5 Å². The Morgan fingerprint density at radius 2 is 2.00 bits per heavy atom. The minimum Gasteiger partial charge on any atom is -0.490 e. The molecule has 104 valence electrons. The molecule has 4 heteroatoms. The molecule has 1 N–H and O–H groups in total. The van der Waals surface area contributed by atoms with E-state index in [4.69, 9.17) is 9.47 Å². The molecule has 0 unspecified atom stereocenters. The Bertz CT molecular complexity index is 419. The molecule has 1 aromatic rings. The summed E-state index contributed by atoms with van der Waals surface area (Å²) in [5.41, 5.74) is 1.22. The van der Waals surface area contributed by atoms with Crippen molar-refractivity contribution in [3.05, 3.63) is 23.8 Å². The van der Waals surface area contributed by atoms with Crippen molar-refractivity contribution in [1.82, 2.24) is 5.32 Å². The highest BCUT2D eigenvalue weighted by Gasteiger charge is 2.17. The minimum atomic E-state index is 0.656. The molecule has 0 amide bonds. The van der Waals surface area contributed by atoms with E-state index in [0.29, 0.717) is 6.04 Å². The number of nitrogens with one attached hydrogen (secondary N) is 1. The van der Waals surface area contributed by atoms with Gasteiger partial charge in [0, 0.05) is 24.6 Å². The molecule has 0 saturated carbocycles. The molecule has 0 spiro atoms. The van der Waals surface area contributed by atoms with Crippen molar-refractivity contribution < 1.29 is 9.47 Å². The van der Waals surface area contributed by atoms with Crippen LogP contribution in [0.5, 0.6) is 11.5 Å². The van der Waals surface area contributed by atoms with Gasteiger partial charge in [-0.1, -0.05) is 12.1 Å². The summed E-state index contributed by atoms with van der Waals surface area (Å²) in [6, 6.07) is 6.85. The summed E-state index contributed by atoms with van der Waals surface area (Å²) in [5.74, 6) is 4.41. The Hall–Kier alpha value is -0.870. The largest absolute Gasteiger partial charge is 0.490 e. The van der Waals surface area contributed by atoms with Crippen LogP contribution in [0.15, 0.2) is 18.2 Å². The maximum absolute atomic E-state index is 5.85. The van der Waals surface area contributed by atoms with Crippen molar-refractivity contribution in [2.24, 2.45) is 0 Å². The SMILES string of the molecule is c1cc(CNC2CCSCC2)c2c(c1)OCCCO2. The zero-order chi connectivity index (χ0) is 12.9. The Kier molecular flexibility index (Phi) is 4.51. The van der Waals surface area contributed by atoms with E-state index in [1.807, 2.05) is 6.07 Å². The highest BCUT2D eigenvalue weighted by molar-refractivity contribution is 7.99. The lowest BCUT2D eigenvalue weighted by molar-refractivity contribution is 0.295. The predicted octanol–water partition coefficient (Wildman–Crippen LogP) is 2.83. The topological polar surface area (TPSA) is 30.5 Å². The van der Waals surface area contributed by atoms with Crippen LogP contribution in [0.4, 0.5) is 0 Å². The number of hydrogen-bond acceptors (Lipinski definition) is 4. The third-order valence-electron chi connectivity index (χ3n) is 3.66. The second-order valence-corrected chi connectivity index (χ2v) is 6.29. The first-order valence-electron chi connectivity index (χ1n) is 7.12. The fraction of sp³-hybridized carbons (Fsp3) is 0.600. The van der Waals surface area contributed by atoms with Crippen molar-refractivity contribution in [2.75, 3.05) is 24.7 Å². The Balaban J connectivity index is 1.66. The molecule has 0 aromatic heterocycles. The molecule has 0 bridgehead atoms. The molecule has 1 fully saturated rings. The monoisotopic (exact) mass is 279 g/mol. The molecule has 19 heavy (non-hydrogen) atoms. The Labute approximate surface area is 119 Å². The zero-order valence-corrected chi connectivity index (χ0v) is 12.0. The molecule has 2 heterocycles.